The van der Waals surface area contributed by atoms with Crippen molar-refractivity contribution in [3.8, 4) is 17.0 Å². The third kappa shape index (κ3) is 3.21. The first-order valence-corrected chi connectivity index (χ1v) is 8.47. The summed E-state index contributed by atoms with van der Waals surface area (Å²) in [6, 6.07) is 16.0. The van der Waals surface area contributed by atoms with Crippen molar-refractivity contribution in [1.82, 2.24) is 15.0 Å². The lowest BCUT2D eigenvalue weighted by Gasteiger charge is -2.09. The standard InChI is InChI=1S/C19H14FN3OS/c1-24-13-8-9-21-17(11-13)14-7-6-12(20)10-18(14)25-19-22-15-4-2-3-5-16(15)23-19/h2-11H,1H3,(H,22,23). The smallest absolute Gasteiger partial charge is 0.171 e. The minimum absolute atomic E-state index is 0.301. The summed E-state index contributed by atoms with van der Waals surface area (Å²) in [5, 5.41) is 0.705. The van der Waals surface area contributed by atoms with E-state index in [9.17, 15) is 4.39 Å². The Bertz CT molecular complexity index is 1010. The van der Waals surface area contributed by atoms with Crippen molar-refractivity contribution < 1.29 is 9.13 Å². The molecule has 124 valence electrons. The zero-order valence-corrected chi connectivity index (χ0v) is 14.2. The van der Waals surface area contributed by atoms with E-state index < -0.39 is 0 Å². The third-order valence-electron chi connectivity index (χ3n) is 3.76. The van der Waals surface area contributed by atoms with Crippen LogP contribution >= 0.6 is 11.8 Å². The minimum Gasteiger partial charge on any atom is -0.497 e. The lowest BCUT2D eigenvalue weighted by Crippen LogP contribution is -1.90. The van der Waals surface area contributed by atoms with Crippen molar-refractivity contribution in [2.75, 3.05) is 7.11 Å². The van der Waals surface area contributed by atoms with E-state index in [1.54, 1.807) is 25.4 Å². The van der Waals surface area contributed by atoms with E-state index in [1.807, 2.05) is 30.3 Å². The third-order valence-corrected chi connectivity index (χ3v) is 4.71. The van der Waals surface area contributed by atoms with Crippen LogP contribution in [0.5, 0.6) is 5.75 Å². The average molecular weight is 351 g/mol. The number of aromatic amines is 1. The normalized spacial score (nSPS) is 11.0. The van der Waals surface area contributed by atoms with Crippen molar-refractivity contribution in [2.24, 2.45) is 0 Å². The Labute approximate surface area is 148 Å². The highest BCUT2D eigenvalue weighted by atomic mass is 32.2. The number of hydrogen-bond donors (Lipinski definition) is 1. The number of methoxy groups -OCH3 is 1. The van der Waals surface area contributed by atoms with Gasteiger partial charge in [0.1, 0.15) is 11.6 Å². The number of H-pyrrole nitrogens is 1. The molecule has 2 heterocycles. The van der Waals surface area contributed by atoms with E-state index in [0.717, 1.165) is 27.2 Å². The van der Waals surface area contributed by atoms with Crippen LogP contribution < -0.4 is 4.74 Å². The van der Waals surface area contributed by atoms with Gasteiger partial charge in [-0.2, -0.15) is 0 Å². The van der Waals surface area contributed by atoms with Gasteiger partial charge >= 0.3 is 0 Å². The molecule has 0 saturated heterocycles. The molecule has 0 amide bonds. The maximum absolute atomic E-state index is 13.8. The molecule has 0 aliphatic carbocycles. The zero-order chi connectivity index (χ0) is 17.2. The predicted molar refractivity (Wildman–Crippen MR) is 96.4 cm³/mol. The maximum atomic E-state index is 13.8. The van der Waals surface area contributed by atoms with Crippen LogP contribution in [0.15, 0.2) is 70.8 Å². The first-order chi connectivity index (χ1) is 12.2. The summed E-state index contributed by atoms with van der Waals surface area (Å²) in [5.74, 6) is 0.402. The summed E-state index contributed by atoms with van der Waals surface area (Å²) in [5.41, 5.74) is 3.37. The van der Waals surface area contributed by atoms with Crippen LogP contribution in [0.2, 0.25) is 0 Å². The monoisotopic (exact) mass is 351 g/mol. The molecule has 2 aromatic heterocycles. The number of ether oxygens (including phenoxy) is 1. The molecule has 2 aromatic carbocycles. The van der Waals surface area contributed by atoms with Crippen LogP contribution in [-0.2, 0) is 0 Å². The molecular formula is C19H14FN3OS. The molecule has 0 spiro atoms. The number of para-hydroxylation sites is 2. The van der Waals surface area contributed by atoms with Gasteiger partial charge in [0.15, 0.2) is 5.16 Å². The highest BCUT2D eigenvalue weighted by Crippen LogP contribution is 2.36. The Morgan fingerprint density at radius 2 is 1.96 bits per heavy atom. The predicted octanol–water partition coefficient (Wildman–Crippen LogP) is 4.92. The molecule has 0 unspecified atom stereocenters. The summed E-state index contributed by atoms with van der Waals surface area (Å²) in [7, 11) is 1.60. The van der Waals surface area contributed by atoms with Gasteiger partial charge < -0.3 is 9.72 Å². The molecule has 25 heavy (non-hydrogen) atoms. The highest BCUT2D eigenvalue weighted by molar-refractivity contribution is 7.99. The molecule has 0 radical (unpaired) electrons. The summed E-state index contributed by atoms with van der Waals surface area (Å²) in [4.78, 5) is 12.9. The Hall–Kier alpha value is -2.86. The first-order valence-electron chi connectivity index (χ1n) is 7.65. The van der Waals surface area contributed by atoms with Crippen LogP contribution in [0, 0.1) is 5.82 Å². The quantitative estimate of drug-likeness (QED) is 0.567. The van der Waals surface area contributed by atoms with Gasteiger partial charge in [0, 0.05) is 22.7 Å². The lowest BCUT2D eigenvalue weighted by molar-refractivity contribution is 0.414. The van der Waals surface area contributed by atoms with Crippen molar-refractivity contribution in [2.45, 2.75) is 10.1 Å². The van der Waals surface area contributed by atoms with E-state index in [1.165, 1.54) is 23.9 Å². The molecule has 0 aliphatic rings. The topological polar surface area (TPSA) is 50.8 Å². The van der Waals surface area contributed by atoms with Crippen molar-refractivity contribution in [1.29, 1.82) is 0 Å². The van der Waals surface area contributed by atoms with E-state index in [2.05, 4.69) is 15.0 Å². The molecule has 4 rings (SSSR count). The number of nitrogens with zero attached hydrogens (tertiary/aromatic N) is 2. The fraction of sp³-hybridized carbons (Fsp3) is 0.0526. The van der Waals surface area contributed by atoms with E-state index in [-0.39, 0.29) is 5.82 Å². The second kappa shape index (κ2) is 6.57. The molecular weight excluding hydrogens is 337 g/mol. The Morgan fingerprint density at radius 1 is 1.08 bits per heavy atom. The van der Waals surface area contributed by atoms with Gasteiger partial charge in [-0.3, -0.25) is 4.98 Å². The molecule has 6 heteroatoms. The van der Waals surface area contributed by atoms with Gasteiger partial charge in [0.2, 0.25) is 0 Å². The Morgan fingerprint density at radius 3 is 2.80 bits per heavy atom. The van der Waals surface area contributed by atoms with E-state index >= 15 is 0 Å². The number of fused-ring (bicyclic) bond motifs is 1. The molecule has 0 fully saturated rings. The number of nitrogens with one attached hydrogen (secondary N) is 1. The molecule has 0 saturated carbocycles. The maximum Gasteiger partial charge on any atom is 0.171 e. The molecule has 4 aromatic rings. The van der Waals surface area contributed by atoms with Gasteiger partial charge in [-0.15, -0.1) is 0 Å². The number of benzene rings is 2. The second-order valence-corrected chi connectivity index (χ2v) is 6.41. The van der Waals surface area contributed by atoms with Gasteiger partial charge in [-0.25, -0.2) is 9.37 Å². The number of imidazole rings is 1. The average Bonchev–Trinajstić information content (AvgIpc) is 3.04. The van der Waals surface area contributed by atoms with Crippen LogP contribution in [0.25, 0.3) is 22.3 Å². The molecule has 4 nitrogen and oxygen atoms in total. The van der Waals surface area contributed by atoms with Gasteiger partial charge in [-0.05, 0) is 36.4 Å². The van der Waals surface area contributed by atoms with E-state index in [4.69, 9.17) is 4.74 Å². The molecule has 1 N–H and O–H groups in total. The zero-order valence-electron chi connectivity index (χ0n) is 13.4. The largest absolute Gasteiger partial charge is 0.497 e. The number of pyridine rings is 1. The summed E-state index contributed by atoms with van der Waals surface area (Å²) in [6.07, 6.45) is 1.67. The molecule has 0 atom stereocenters. The van der Waals surface area contributed by atoms with Crippen LogP contribution in [-0.4, -0.2) is 22.1 Å². The van der Waals surface area contributed by atoms with Crippen molar-refractivity contribution >= 4 is 22.8 Å². The number of rotatable bonds is 4. The number of hydrogen-bond acceptors (Lipinski definition) is 4. The minimum atomic E-state index is -0.301. The number of aromatic nitrogens is 3. The fourth-order valence-corrected chi connectivity index (χ4v) is 3.53. The first kappa shape index (κ1) is 15.7. The van der Waals surface area contributed by atoms with Crippen molar-refractivity contribution in [3.63, 3.8) is 0 Å². The van der Waals surface area contributed by atoms with E-state index in [0.29, 0.717) is 10.9 Å². The summed E-state index contributed by atoms with van der Waals surface area (Å²) < 4.78 is 19.1. The van der Waals surface area contributed by atoms with Crippen molar-refractivity contribution in [3.05, 3.63) is 66.6 Å². The highest BCUT2D eigenvalue weighted by Gasteiger charge is 2.12. The molecule has 0 bridgehead atoms. The number of halogens is 1. The Balaban J connectivity index is 1.76. The van der Waals surface area contributed by atoms with Crippen LogP contribution in [0.4, 0.5) is 4.39 Å². The van der Waals surface area contributed by atoms with Crippen LogP contribution in [0.3, 0.4) is 0 Å². The summed E-state index contributed by atoms with van der Waals surface area (Å²) >= 11 is 1.37. The van der Waals surface area contributed by atoms with Gasteiger partial charge in [0.25, 0.3) is 0 Å². The van der Waals surface area contributed by atoms with Gasteiger partial charge in [-0.1, -0.05) is 23.9 Å². The SMILES string of the molecule is COc1ccnc(-c2ccc(F)cc2Sc2nc3ccccc3[nH]2)c1. The fourth-order valence-electron chi connectivity index (χ4n) is 2.56. The molecule has 0 aliphatic heterocycles. The lowest BCUT2D eigenvalue weighted by atomic mass is 10.1. The Kier molecular flexibility index (Phi) is 4.11. The van der Waals surface area contributed by atoms with Gasteiger partial charge in [0.05, 0.1) is 23.8 Å². The second-order valence-electron chi connectivity index (χ2n) is 5.38. The summed E-state index contributed by atoms with van der Waals surface area (Å²) in [6.45, 7) is 0. The van der Waals surface area contributed by atoms with Crippen LogP contribution in [0.1, 0.15) is 0 Å².